The number of halogens is 2. The molecule has 0 aromatic heterocycles. The molecule has 0 saturated heterocycles. The van der Waals surface area contributed by atoms with Gasteiger partial charge in [-0.15, -0.1) is 0 Å². The number of ether oxygens (including phenoxy) is 2. The van der Waals surface area contributed by atoms with Crippen LogP contribution in [0.15, 0.2) is 88.0 Å². The van der Waals surface area contributed by atoms with Crippen molar-refractivity contribution in [2.24, 2.45) is 4.99 Å². The summed E-state index contributed by atoms with van der Waals surface area (Å²) in [6, 6.07) is 20.8. The zero-order chi connectivity index (χ0) is 20.2. The maximum absolute atomic E-state index is 12.9. The van der Waals surface area contributed by atoms with E-state index < -0.39 is 5.97 Å². The number of nitrogens with zero attached hydrogens (tertiary/aromatic N) is 1. The minimum absolute atomic E-state index is 0.239. The summed E-state index contributed by atoms with van der Waals surface area (Å²) >= 11 is 3.37. The molecule has 0 spiro atoms. The van der Waals surface area contributed by atoms with Crippen molar-refractivity contribution in [2.75, 3.05) is 0 Å². The summed E-state index contributed by atoms with van der Waals surface area (Å²) in [6.07, 6.45) is 1.66. The molecule has 0 radical (unpaired) electrons. The number of cyclic esters (lactones) is 1. The first kappa shape index (κ1) is 19.1. The lowest BCUT2D eigenvalue weighted by atomic mass is 10.2. The SMILES string of the molecule is O=C1OC(c2ccc(Br)cc2)=NC1=Cc1ccc(OCc2ccc(F)cc2)cc1. The van der Waals surface area contributed by atoms with Crippen LogP contribution in [0.1, 0.15) is 16.7 Å². The van der Waals surface area contributed by atoms with Crippen molar-refractivity contribution in [3.8, 4) is 5.75 Å². The lowest BCUT2D eigenvalue weighted by Gasteiger charge is -2.06. The van der Waals surface area contributed by atoms with Crippen LogP contribution in [0.25, 0.3) is 6.08 Å². The van der Waals surface area contributed by atoms with Gasteiger partial charge in [0.2, 0.25) is 5.90 Å². The fraction of sp³-hybridized carbons (Fsp3) is 0.0435. The molecule has 1 aliphatic heterocycles. The first-order valence-electron chi connectivity index (χ1n) is 8.83. The van der Waals surface area contributed by atoms with Gasteiger partial charge in [0.05, 0.1) is 0 Å². The Bertz CT molecular complexity index is 1090. The molecule has 0 aliphatic carbocycles. The maximum Gasteiger partial charge on any atom is 0.363 e. The van der Waals surface area contributed by atoms with Crippen molar-refractivity contribution in [1.82, 2.24) is 0 Å². The third kappa shape index (κ3) is 4.78. The van der Waals surface area contributed by atoms with Gasteiger partial charge in [0.25, 0.3) is 0 Å². The van der Waals surface area contributed by atoms with Gasteiger partial charge in [-0.2, -0.15) is 0 Å². The zero-order valence-corrected chi connectivity index (χ0v) is 16.7. The Kier molecular flexibility index (Phi) is 5.53. The molecule has 0 fully saturated rings. The predicted octanol–water partition coefficient (Wildman–Crippen LogP) is 5.51. The molecule has 0 amide bonds. The topological polar surface area (TPSA) is 47.9 Å². The highest BCUT2D eigenvalue weighted by Crippen LogP contribution is 2.22. The average molecular weight is 452 g/mol. The van der Waals surface area contributed by atoms with Crippen LogP contribution in [0, 0.1) is 5.82 Å². The van der Waals surface area contributed by atoms with E-state index in [-0.39, 0.29) is 17.4 Å². The lowest BCUT2D eigenvalue weighted by Crippen LogP contribution is -2.05. The number of hydrogen-bond donors (Lipinski definition) is 0. The van der Waals surface area contributed by atoms with Crippen LogP contribution < -0.4 is 4.74 Å². The van der Waals surface area contributed by atoms with Crippen LogP contribution >= 0.6 is 15.9 Å². The van der Waals surface area contributed by atoms with E-state index in [1.165, 1.54) is 12.1 Å². The van der Waals surface area contributed by atoms with E-state index in [1.807, 2.05) is 36.4 Å². The fourth-order valence-corrected chi connectivity index (χ4v) is 2.95. The van der Waals surface area contributed by atoms with Crippen molar-refractivity contribution < 1.29 is 18.7 Å². The van der Waals surface area contributed by atoms with Crippen molar-refractivity contribution in [1.29, 1.82) is 0 Å². The van der Waals surface area contributed by atoms with Gasteiger partial charge in [0.15, 0.2) is 5.70 Å². The van der Waals surface area contributed by atoms with Gasteiger partial charge in [0, 0.05) is 10.0 Å². The van der Waals surface area contributed by atoms with Gasteiger partial charge >= 0.3 is 5.97 Å². The van der Waals surface area contributed by atoms with Crippen molar-refractivity contribution >= 4 is 33.9 Å². The third-order valence-electron chi connectivity index (χ3n) is 4.21. The summed E-state index contributed by atoms with van der Waals surface area (Å²) in [6.45, 7) is 0.341. The molecular formula is C23H15BrFNO3. The van der Waals surface area contributed by atoms with Crippen molar-refractivity contribution in [3.05, 3.63) is 105 Å². The molecule has 0 saturated carbocycles. The Labute approximate surface area is 175 Å². The highest BCUT2D eigenvalue weighted by molar-refractivity contribution is 9.10. The molecule has 29 heavy (non-hydrogen) atoms. The van der Waals surface area contributed by atoms with Crippen LogP contribution in [0.3, 0.4) is 0 Å². The molecule has 1 aliphatic rings. The largest absolute Gasteiger partial charge is 0.489 e. The molecule has 3 aromatic rings. The molecule has 0 unspecified atom stereocenters. The second-order valence-corrected chi connectivity index (χ2v) is 7.24. The van der Waals surface area contributed by atoms with E-state index in [0.717, 1.165) is 21.2 Å². The Morgan fingerprint density at radius 1 is 0.966 bits per heavy atom. The highest BCUT2D eigenvalue weighted by Gasteiger charge is 2.24. The molecular weight excluding hydrogens is 437 g/mol. The molecule has 6 heteroatoms. The molecule has 0 bridgehead atoms. The zero-order valence-electron chi connectivity index (χ0n) is 15.1. The van der Waals surface area contributed by atoms with E-state index in [4.69, 9.17) is 9.47 Å². The molecule has 4 nitrogen and oxygen atoms in total. The molecule has 0 atom stereocenters. The summed E-state index contributed by atoms with van der Waals surface area (Å²) in [7, 11) is 0. The Balaban J connectivity index is 1.44. The molecule has 0 N–H and O–H groups in total. The monoisotopic (exact) mass is 451 g/mol. The van der Waals surface area contributed by atoms with Crippen LogP contribution in [0.4, 0.5) is 4.39 Å². The Hall–Kier alpha value is -3.25. The summed E-state index contributed by atoms with van der Waals surface area (Å²) < 4.78 is 24.8. The van der Waals surface area contributed by atoms with Gasteiger partial charge in [-0.05, 0) is 65.7 Å². The lowest BCUT2D eigenvalue weighted by molar-refractivity contribution is -0.129. The fourth-order valence-electron chi connectivity index (χ4n) is 2.69. The second-order valence-electron chi connectivity index (χ2n) is 6.33. The van der Waals surface area contributed by atoms with Gasteiger partial charge in [-0.25, -0.2) is 14.2 Å². The van der Waals surface area contributed by atoms with Crippen LogP contribution in [0.5, 0.6) is 5.75 Å². The molecule has 3 aromatic carbocycles. The number of hydrogen-bond acceptors (Lipinski definition) is 4. The maximum atomic E-state index is 12.9. The third-order valence-corrected chi connectivity index (χ3v) is 4.74. The van der Waals surface area contributed by atoms with E-state index >= 15 is 0 Å². The number of carbonyl (C=O) groups is 1. The summed E-state index contributed by atoms with van der Waals surface area (Å²) in [5.74, 6) is 0.194. The van der Waals surface area contributed by atoms with E-state index in [0.29, 0.717) is 12.4 Å². The van der Waals surface area contributed by atoms with Crippen LogP contribution in [-0.4, -0.2) is 11.9 Å². The van der Waals surface area contributed by atoms with Crippen LogP contribution in [-0.2, 0) is 16.1 Å². The standard InChI is InChI=1S/C23H15BrFNO3/c24-18-7-5-17(6-8-18)22-26-21(23(27)29-22)13-15-3-11-20(12-4-15)28-14-16-1-9-19(25)10-2-16/h1-13H,14H2. The van der Waals surface area contributed by atoms with E-state index in [1.54, 1.807) is 30.3 Å². The quantitative estimate of drug-likeness (QED) is 0.379. The van der Waals surface area contributed by atoms with E-state index in [9.17, 15) is 9.18 Å². The number of benzene rings is 3. The first-order valence-corrected chi connectivity index (χ1v) is 9.62. The normalized spacial score (nSPS) is 14.6. The summed E-state index contributed by atoms with van der Waals surface area (Å²) in [5, 5.41) is 0. The molecule has 4 rings (SSSR count). The smallest absolute Gasteiger partial charge is 0.363 e. The Morgan fingerprint density at radius 3 is 2.34 bits per heavy atom. The molecule has 144 valence electrons. The average Bonchev–Trinajstić information content (AvgIpc) is 3.09. The summed E-state index contributed by atoms with van der Waals surface area (Å²) in [5.41, 5.74) is 2.64. The van der Waals surface area contributed by atoms with Crippen molar-refractivity contribution in [3.63, 3.8) is 0 Å². The predicted molar refractivity (Wildman–Crippen MR) is 112 cm³/mol. The van der Waals surface area contributed by atoms with Gasteiger partial charge in [0.1, 0.15) is 18.2 Å². The number of esters is 1. The highest BCUT2D eigenvalue weighted by atomic mass is 79.9. The van der Waals surface area contributed by atoms with Gasteiger partial charge in [-0.3, -0.25) is 0 Å². The molecule has 1 heterocycles. The van der Waals surface area contributed by atoms with Gasteiger partial charge < -0.3 is 9.47 Å². The number of aliphatic imine (C=N–C) groups is 1. The van der Waals surface area contributed by atoms with Crippen LogP contribution in [0.2, 0.25) is 0 Å². The van der Waals surface area contributed by atoms with Gasteiger partial charge in [-0.1, -0.05) is 40.2 Å². The summed E-state index contributed by atoms with van der Waals surface area (Å²) in [4.78, 5) is 16.4. The number of carbonyl (C=O) groups excluding carboxylic acids is 1. The van der Waals surface area contributed by atoms with E-state index in [2.05, 4.69) is 20.9 Å². The minimum Gasteiger partial charge on any atom is -0.489 e. The Morgan fingerprint density at radius 2 is 1.66 bits per heavy atom. The second kappa shape index (κ2) is 8.41. The first-order chi connectivity index (χ1) is 14.1. The number of rotatable bonds is 5. The minimum atomic E-state index is -0.487. The van der Waals surface area contributed by atoms with Crippen molar-refractivity contribution in [2.45, 2.75) is 6.61 Å².